The molecule has 3 aliphatic rings. The first kappa shape index (κ1) is 23.1. The fourth-order valence-electron chi connectivity index (χ4n) is 4.90. The van der Waals surface area contributed by atoms with Crippen molar-refractivity contribution in [2.24, 2.45) is 0 Å². The molecule has 0 spiro atoms. The first-order valence-electron chi connectivity index (χ1n) is 11.2. The molecule has 8 nitrogen and oxygen atoms in total. The van der Waals surface area contributed by atoms with Gasteiger partial charge in [-0.2, -0.15) is 0 Å². The lowest BCUT2D eigenvalue weighted by atomic mass is 9.90. The van der Waals surface area contributed by atoms with Crippen LogP contribution in [0.3, 0.4) is 0 Å². The Kier molecular flexibility index (Phi) is 6.03. The van der Waals surface area contributed by atoms with Crippen LogP contribution in [0.25, 0.3) is 11.1 Å². The molecule has 5 rings (SSSR count). The van der Waals surface area contributed by atoms with E-state index in [-0.39, 0.29) is 41.5 Å². The minimum absolute atomic E-state index is 0.00917. The molecule has 0 radical (unpaired) electrons. The first-order valence-corrected chi connectivity index (χ1v) is 13.5. The summed E-state index contributed by atoms with van der Waals surface area (Å²) < 4.78 is 30.0. The van der Waals surface area contributed by atoms with Gasteiger partial charge in [-0.05, 0) is 29.7 Å². The molecular formula is C24H26ClN3O5S. The Labute approximate surface area is 203 Å². The van der Waals surface area contributed by atoms with E-state index < -0.39 is 9.84 Å². The largest absolute Gasteiger partial charge is 0.366 e. The highest BCUT2D eigenvalue weighted by molar-refractivity contribution is 7.90. The van der Waals surface area contributed by atoms with Gasteiger partial charge >= 0.3 is 6.03 Å². The van der Waals surface area contributed by atoms with Crippen molar-refractivity contribution in [3.05, 3.63) is 53.1 Å². The van der Waals surface area contributed by atoms with Crippen molar-refractivity contribution in [3.8, 4) is 11.1 Å². The van der Waals surface area contributed by atoms with E-state index >= 15 is 0 Å². The molecule has 0 bridgehead atoms. The van der Waals surface area contributed by atoms with Crippen LogP contribution in [0.15, 0.2) is 47.4 Å². The van der Waals surface area contributed by atoms with Crippen LogP contribution in [0.4, 0.5) is 4.79 Å². The van der Waals surface area contributed by atoms with Crippen LogP contribution >= 0.6 is 11.6 Å². The number of piperidine rings is 1. The molecule has 2 aromatic carbocycles. The van der Waals surface area contributed by atoms with Crippen LogP contribution < -0.4 is 5.32 Å². The number of benzene rings is 2. The lowest BCUT2D eigenvalue weighted by molar-refractivity contribution is -0.139. The van der Waals surface area contributed by atoms with E-state index in [1.54, 1.807) is 17.0 Å². The van der Waals surface area contributed by atoms with Crippen molar-refractivity contribution < 1.29 is 22.7 Å². The van der Waals surface area contributed by atoms with E-state index in [0.717, 1.165) is 17.5 Å². The highest BCUT2D eigenvalue weighted by Gasteiger charge is 2.40. The number of rotatable bonds is 3. The van der Waals surface area contributed by atoms with Gasteiger partial charge in [0, 0.05) is 48.9 Å². The van der Waals surface area contributed by atoms with E-state index in [0.29, 0.717) is 36.8 Å². The number of amides is 3. The molecule has 3 amide bonds. The minimum atomic E-state index is -3.43. The fraction of sp³-hybridized carbons (Fsp3) is 0.417. The van der Waals surface area contributed by atoms with Crippen molar-refractivity contribution in [1.29, 1.82) is 0 Å². The number of carbonyl (C=O) groups excluding carboxylic acids is 2. The number of sulfone groups is 1. The van der Waals surface area contributed by atoms with E-state index in [4.69, 9.17) is 16.3 Å². The number of nitrogens with zero attached hydrogens (tertiary/aromatic N) is 2. The van der Waals surface area contributed by atoms with Gasteiger partial charge in [0.25, 0.3) is 0 Å². The molecule has 3 aliphatic heterocycles. The summed E-state index contributed by atoms with van der Waals surface area (Å²) in [6.07, 6.45) is 1.87. The number of carbonyl (C=O) groups is 2. The summed E-state index contributed by atoms with van der Waals surface area (Å²) in [5.74, 6) is 0.0955. The van der Waals surface area contributed by atoms with Crippen LogP contribution in [0.2, 0.25) is 5.02 Å². The minimum Gasteiger partial charge on any atom is -0.366 e. The predicted molar refractivity (Wildman–Crippen MR) is 128 cm³/mol. The van der Waals surface area contributed by atoms with Crippen LogP contribution in [-0.2, 0) is 19.4 Å². The molecular weight excluding hydrogens is 478 g/mol. The summed E-state index contributed by atoms with van der Waals surface area (Å²) in [6.45, 7) is 2.43. The molecule has 180 valence electrons. The second-order valence-corrected chi connectivity index (χ2v) is 11.6. The molecule has 0 aromatic heterocycles. The number of morpholine rings is 1. The van der Waals surface area contributed by atoms with Gasteiger partial charge in [0.05, 0.1) is 17.0 Å². The third-order valence-electron chi connectivity index (χ3n) is 6.78. The number of nitrogens with one attached hydrogen (secondary N) is 1. The quantitative estimate of drug-likeness (QED) is 0.694. The van der Waals surface area contributed by atoms with E-state index in [1.807, 2.05) is 29.2 Å². The number of hydrogen-bond donors (Lipinski definition) is 1. The highest BCUT2D eigenvalue weighted by Crippen LogP contribution is 2.33. The molecule has 3 heterocycles. The van der Waals surface area contributed by atoms with E-state index in [9.17, 15) is 18.0 Å². The lowest BCUT2D eigenvalue weighted by Crippen LogP contribution is -2.63. The summed E-state index contributed by atoms with van der Waals surface area (Å²) in [5, 5.41) is 3.30. The molecule has 10 heteroatoms. The summed E-state index contributed by atoms with van der Waals surface area (Å²) in [4.78, 5) is 28.4. The summed E-state index contributed by atoms with van der Waals surface area (Å²) in [5.41, 5.74) is 2.52. The maximum atomic E-state index is 12.9. The Morgan fingerprint density at radius 3 is 2.53 bits per heavy atom. The predicted octanol–water partition coefficient (Wildman–Crippen LogP) is 2.52. The van der Waals surface area contributed by atoms with Crippen LogP contribution in [0, 0.1) is 0 Å². The van der Waals surface area contributed by atoms with Gasteiger partial charge < -0.3 is 19.9 Å². The van der Waals surface area contributed by atoms with Gasteiger partial charge in [-0.3, -0.25) is 4.79 Å². The summed E-state index contributed by atoms with van der Waals surface area (Å²) in [6, 6.07) is 12.5. The molecule has 3 fully saturated rings. The summed E-state index contributed by atoms with van der Waals surface area (Å²) >= 11 is 6.01. The van der Waals surface area contributed by atoms with Crippen molar-refractivity contribution in [2.75, 3.05) is 39.0 Å². The zero-order valence-corrected chi connectivity index (χ0v) is 20.3. The summed E-state index contributed by atoms with van der Waals surface area (Å²) in [7, 11) is -3.43. The lowest BCUT2D eigenvalue weighted by Gasteiger charge is -2.46. The average molecular weight is 504 g/mol. The molecule has 2 aromatic rings. The Balaban J connectivity index is 1.22. The zero-order chi connectivity index (χ0) is 24.0. The van der Waals surface area contributed by atoms with Gasteiger partial charge in [-0.1, -0.05) is 41.9 Å². The van der Waals surface area contributed by atoms with Crippen molar-refractivity contribution in [2.45, 2.75) is 29.4 Å². The third-order valence-corrected chi connectivity index (χ3v) is 8.15. The topological polar surface area (TPSA) is 96.0 Å². The monoisotopic (exact) mass is 503 g/mol. The van der Waals surface area contributed by atoms with Crippen LogP contribution in [-0.4, -0.2) is 81.3 Å². The smallest absolute Gasteiger partial charge is 0.320 e. The Hall–Kier alpha value is -2.62. The number of likely N-dealkylation sites (tertiary alicyclic amines) is 2. The Bertz CT molecular complexity index is 1230. The second kappa shape index (κ2) is 8.87. The normalized spacial score (nSPS) is 23.2. The third kappa shape index (κ3) is 4.52. The van der Waals surface area contributed by atoms with Gasteiger partial charge in [0.2, 0.25) is 5.91 Å². The number of hydrogen-bond acceptors (Lipinski definition) is 5. The standard InChI is InChI=1S/C24H26ClN3O5S/c1-34(31,32)22-10-18(25)6-7-19(22)16-4-2-15(3-5-16)17-11-28(12-17)24(30)27-9-8-21-20(13-27)26-23(29)14-33-21/h2-7,10,17,20-21H,8-9,11-14H2,1H3,(H,26,29)/t20?,21-/m0/s1. The highest BCUT2D eigenvalue weighted by atomic mass is 35.5. The van der Waals surface area contributed by atoms with Crippen LogP contribution in [0.5, 0.6) is 0 Å². The molecule has 0 saturated carbocycles. The molecule has 2 atom stereocenters. The van der Waals surface area contributed by atoms with Gasteiger partial charge in [-0.15, -0.1) is 0 Å². The molecule has 1 unspecified atom stereocenters. The van der Waals surface area contributed by atoms with E-state index in [1.165, 1.54) is 12.3 Å². The number of halogens is 1. The van der Waals surface area contributed by atoms with Gasteiger partial charge in [-0.25, -0.2) is 13.2 Å². The SMILES string of the molecule is CS(=O)(=O)c1cc(Cl)ccc1-c1ccc(C2CN(C(=O)N3CC[C@@H]4OCC(=O)NC4C3)C2)cc1. The van der Waals surface area contributed by atoms with Crippen LogP contribution in [0.1, 0.15) is 17.9 Å². The number of ether oxygens (including phenoxy) is 1. The fourth-order valence-corrected chi connectivity index (χ4v) is 6.06. The Morgan fingerprint density at radius 1 is 1.09 bits per heavy atom. The average Bonchev–Trinajstić information content (AvgIpc) is 2.77. The van der Waals surface area contributed by atoms with Crippen molar-refractivity contribution in [3.63, 3.8) is 0 Å². The van der Waals surface area contributed by atoms with Gasteiger partial charge in [0.15, 0.2) is 9.84 Å². The number of fused-ring (bicyclic) bond motifs is 1. The molecule has 0 aliphatic carbocycles. The van der Waals surface area contributed by atoms with Gasteiger partial charge in [0.1, 0.15) is 6.61 Å². The second-order valence-electron chi connectivity index (χ2n) is 9.18. The maximum absolute atomic E-state index is 12.9. The molecule has 1 N–H and O–H groups in total. The maximum Gasteiger partial charge on any atom is 0.320 e. The van der Waals surface area contributed by atoms with Crippen molar-refractivity contribution in [1.82, 2.24) is 15.1 Å². The number of urea groups is 1. The van der Waals surface area contributed by atoms with E-state index in [2.05, 4.69) is 5.32 Å². The zero-order valence-electron chi connectivity index (χ0n) is 18.7. The van der Waals surface area contributed by atoms with Crippen molar-refractivity contribution >= 4 is 33.4 Å². The molecule has 3 saturated heterocycles. The first-order chi connectivity index (χ1) is 16.2. The Morgan fingerprint density at radius 2 is 1.82 bits per heavy atom. The molecule has 34 heavy (non-hydrogen) atoms.